The van der Waals surface area contributed by atoms with Crippen LogP contribution in [0.2, 0.25) is 0 Å². The van der Waals surface area contributed by atoms with Crippen LogP contribution in [0.25, 0.3) is 0 Å². The molecular formula is C11H15F2N3O2. The molecule has 3 N–H and O–H groups in total. The van der Waals surface area contributed by atoms with E-state index >= 15 is 0 Å². The Morgan fingerprint density at radius 2 is 2.33 bits per heavy atom. The van der Waals surface area contributed by atoms with Gasteiger partial charge in [0.25, 0.3) is 0 Å². The van der Waals surface area contributed by atoms with Crippen LogP contribution in [0.15, 0.2) is 6.07 Å². The molecule has 0 spiro atoms. The Balaban J connectivity index is 2.08. The maximum atomic E-state index is 13.4. The summed E-state index contributed by atoms with van der Waals surface area (Å²) in [5.74, 6) is -2.08. The van der Waals surface area contributed by atoms with E-state index in [0.29, 0.717) is 32.2 Å². The Labute approximate surface area is 103 Å². The minimum atomic E-state index is -0.872. The van der Waals surface area contributed by atoms with Crippen LogP contribution >= 0.6 is 0 Å². The summed E-state index contributed by atoms with van der Waals surface area (Å²) in [6.45, 7) is 1.34. The van der Waals surface area contributed by atoms with Crippen LogP contribution in [0, 0.1) is 11.6 Å². The van der Waals surface area contributed by atoms with Gasteiger partial charge in [-0.2, -0.15) is 0 Å². The van der Waals surface area contributed by atoms with Crippen molar-refractivity contribution >= 4 is 11.6 Å². The van der Waals surface area contributed by atoms with Crippen molar-refractivity contribution in [2.75, 3.05) is 37.9 Å². The smallest absolute Gasteiger partial charge is 0.168 e. The highest BCUT2D eigenvalue weighted by Crippen LogP contribution is 2.24. The van der Waals surface area contributed by atoms with Gasteiger partial charge in [-0.1, -0.05) is 0 Å². The van der Waals surface area contributed by atoms with E-state index in [1.807, 2.05) is 0 Å². The third kappa shape index (κ3) is 2.51. The van der Waals surface area contributed by atoms with Crippen LogP contribution < -0.4 is 11.1 Å². The average molecular weight is 259 g/mol. The van der Waals surface area contributed by atoms with Crippen LogP contribution in [0.3, 0.4) is 0 Å². The molecule has 0 aromatic carbocycles. The zero-order valence-electron chi connectivity index (χ0n) is 10.0. The summed E-state index contributed by atoms with van der Waals surface area (Å²) in [6.07, 6.45) is 0.703. The number of nitrogen functional groups attached to an aromatic ring is 1. The highest BCUT2D eigenvalue weighted by atomic mass is 19.1. The molecule has 1 aliphatic heterocycles. The first-order valence-electron chi connectivity index (χ1n) is 5.55. The second kappa shape index (κ2) is 5.03. The quantitative estimate of drug-likeness (QED) is 0.849. The van der Waals surface area contributed by atoms with Gasteiger partial charge in [-0.3, -0.25) is 0 Å². The van der Waals surface area contributed by atoms with Gasteiger partial charge in [0.15, 0.2) is 23.3 Å². The third-order valence-corrected chi connectivity index (χ3v) is 3.03. The van der Waals surface area contributed by atoms with E-state index in [1.165, 1.54) is 0 Å². The van der Waals surface area contributed by atoms with Crippen molar-refractivity contribution in [1.82, 2.24) is 4.98 Å². The van der Waals surface area contributed by atoms with E-state index in [9.17, 15) is 8.78 Å². The number of hydrogen-bond acceptors (Lipinski definition) is 5. The van der Waals surface area contributed by atoms with Gasteiger partial charge in [0.2, 0.25) is 0 Å². The molecule has 100 valence electrons. The number of ether oxygens (including phenoxy) is 2. The van der Waals surface area contributed by atoms with Crippen molar-refractivity contribution in [1.29, 1.82) is 0 Å². The van der Waals surface area contributed by atoms with Gasteiger partial charge in [-0.05, 0) is 0 Å². The maximum absolute atomic E-state index is 13.4. The lowest BCUT2D eigenvalue weighted by Gasteiger charge is -2.26. The molecule has 5 nitrogen and oxygen atoms in total. The largest absolute Gasteiger partial charge is 0.381 e. The van der Waals surface area contributed by atoms with Gasteiger partial charge in [-0.25, -0.2) is 13.8 Å². The van der Waals surface area contributed by atoms with Crippen molar-refractivity contribution in [3.05, 3.63) is 17.7 Å². The van der Waals surface area contributed by atoms with Gasteiger partial charge >= 0.3 is 0 Å². The van der Waals surface area contributed by atoms with Gasteiger partial charge in [0.1, 0.15) is 5.60 Å². The summed E-state index contributed by atoms with van der Waals surface area (Å²) in [5.41, 5.74) is 4.79. The number of rotatable bonds is 4. The molecule has 2 heterocycles. The molecule has 0 radical (unpaired) electrons. The number of anilines is 2. The normalized spacial score (nSPS) is 23.3. The fourth-order valence-electron chi connectivity index (χ4n) is 1.81. The van der Waals surface area contributed by atoms with E-state index in [1.54, 1.807) is 7.11 Å². The molecule has 2 rings (SSSR count). The summed E-state index contributed by atoms with van der Waals surface area (Å²) in [6, 6.07) is 0.704. The van der Waals surface area contributed by atoms with Gasteiger partial charge in [-0.15, -0.1) is 0 Å². The van der Waals surface area contributed by atoms with Crippen LogP contribution in [0.5, 0.6) is 0 Å². The molecule has 1 atom stereocenters. The van der Waals surface area contributed by atoms with Crippen molar-refractivity contribution in [3.8, 4) is 0 Å². The number of hydrogen-bond donors (Lipinski definition) is 2. The average Bonchev–Trinajstić information content (AvgIpc) is 2.82. The number of halogens is 2. The molecule has 0 bridgehead atoms. The Hall–Kier alpha value is -1.47. The first-order chi connectivity index (χ1) is 8.56. The summed E-state index contributed by atoms with van der Waals surface area (Å²) in [4.78, 5) is 3.62. The van der Waals surface area contributed by atoms with Gasteiger partial charge < -0.3 is 20.5 Å². The summed E-state index contributed by atoms with van der Waals surface area (Å²) in [7, 11) is 1.57. The molecule has 18 heavy (non-hydrogen) atoms. The number of aromatic nitrogens is 1. The summed E-state index contributed by atoms with van der Waals surface area (Å²) < 4.78 is 37.0. The molecule has 7 heteroatoms. The van der Waals surface area contributed by atoms with E-state index in [2.05, 4.69) is 10.3 Å². The van der Waals surface area contributed by atoms with Crippen LogP contribution in [-0.2, 0) is 9.47 Å². The molecule has 0 saturated carbocycles. The monoisotopic (exact) mass is 259 g/mol. The van der Waals surface area contributed by atoms with Crippen LogP contribution in [-0.4, -0.2) is 37.5 Å². The number of nitrogens with zero attached hydrogens (tertiary/aromatic N) is 1. The second-order valence-electron chi connectivity index (χ2n) is 4.23. The predicted molar refractivity (Wildman–Crippen MR) is 62.2 cm³/mol. The topological polar surface area (TPSA) is 69.4 Å². The van der Waals surface area contributed by atoms with Crippen molar-refractivity contribution < 1.29 is 18.3 Å². The number of nitrogens with one attached hydrogen (secondary N) is 1. The minimum absolute atomic E-state index is 0.0859. The number of pyridine rings is 1. The van der Waals surface area contributed by atoms with E-state index in [0.717, 1.165) is 0 Å². The maximum Gasteiger partial charge on any atom is 0.168 e. The Morgan fingerprint density at radius 1 is 1.56 bits per heavy atom. The van der Waals surface area contributed by atoms with Crippen molar-refractivity contribution in [3.63, 3.8) is 0 Å². The molecular weight excluding hydrogens is 244 g/mol. The third-order valence-electron chi connectivity index (χ3n) is 3.03. The Morgan fingerprint density at radius 3 is 2.94 bits per heavy atom. The lowest BCUT2D eigenvalue weighted by Crippen LogP contribution is -2.40. The van der Waals surface area contributed by atoms with Crippen LogP contribution in [0.4, 0.5) is 20.4 Å². The fraction of sp³-hybridized carbons (Fsp3) is 0.545. The predicted octanol–water partition coefficient (Wildman–Crippen LogP) is 1.16. The molecule has 1 aromatic rings. The Bertz CT molecular complexity index is 437. The van der Waals surface area contributed by atoms with Crippen LogP contribution in [0.1, 0.15) is 6.42 Å². The molecule has 1 aliphatic rings. The van der Waals surface area contributed by atoms with Gasteiger partial charge in [0, 0.05) is 32.7 Å². The number of nitrogens with two attached hydrogens (primary N) is 1. The summed E-state index contributed by atoms with van der Waals surface area (Å²) >= 11 is 0. The Kier molecular flexibility index (Phi) is 3.63. The fourth-order valence-corrected chi connectivity index (χ4v) is 1.81. The lowest BCUT2D eigenvalue weighted by molar-refractivity contribution is -0.00629. The molecule has 0 amide bonds. The first kappa shape index (κ1) is 13.0. The highest BCUT2D eigenvalue weighted by molar-refractivity contribution is 5.45. The van der Waals surface area contributed by atoms with E-state index < -0.39 is 17.2 Å². The van der Waals surface area contributed by atoms with Crippen molar-refractivity contribution in [2.45, 2.75) is 12.0 Å². The molecule has 1 saturated heterocycles. The molecule has 0 aliphatic carbocycles. The number of methoxy groups -OCH3 is 1. The summed E-state index contributed by atoms with van der Waals surface area (Å²) in [5, 5.41) is 2.78. The lowest BCUT2D eigenvalue weighted by atomic mass is 10.0. The molecule has 1 fully saturated rings. The molecule has 1 unspecified atom stereocenters. The van der Waals surface area contributed by atoms with E-state index in [4.69, 9.17) is 15.2 Å². The minimum Gasteiger partial charge on any atom is -0.381 e. The second-order valence-corrected chi connectivity index (χ2v) is 4.23. The zero-order chi connectivity index (χ0) is 13.2. The molecule has 1 aromatic heterocycles. The zero-order valence-corrected chi connectivity index (χ0v) is 10.0. The highest BCUT2D eigenvalue weighted by Gasteiger charge is 2.35. The first-order valence-corrected chi connectivity index (χ1v) is 5.55. The van der Waals surface area contributed by atoms with Crippen molar-refractivity contribution in [2.24, 2.45) is 0 Å². The standard InChI is InChI=1S/C11H15F2N3O2/c1-17-11(2-3-18-6-11)5-15-10-8(13)4-7(12)9(14)16-10/h4H,2-3,5-6H2,1H3,(H3,14,15,16). The SMILES string of the molecule is COC1(CNc2nc(N)c(F)cc2F)CCOC1. The van der Waals surface area contributed by atoms with E-state index in [-0.39, 0.29) is 11.6 Å². The van der Waals surface area contributed by atoms with Gasteiger partial charge in [0.05, 0.1) is 6.61 Å².